The molecule has 0 spiro atoms. The van der Waals surface area contributed by atoms with Crippen LogP contribution in [0.3, 0.4) is 0 Å². The van der Waals surface area contributed by atoms with Crippen molar-refractivity contribution in [2.45, 2.75) is 30.8 Å². The number of rotatable bonds is 6. The van der Waals surface area contributed by atoms with Crippen molar-refractivity contribution in [1.29, 1.82) is 0 Å². The zero-order valence-corrected chi connectivity index (χ0v) is 17.8. The van der Waals surface area contributed by atoms with Gasteiger partial charge in [-0.1, -0.05) is 35.5 Å². The molecular formula is C19H21N5O3S2. The molecule has 1 heterocycles. The summed E-state index contributed by atoms with van der Waals surface area (Å²) in [5.41, 5.74) is 4.05. The van der Waals surface area contributed by atoms with Gasteiger partial charge in [-0.15, -0.1) is 10.2 Å². The van der Waals surface area contributed by atoms with E-state index in [9.17, 15) is 13.2 Å². The summed E-state index contributed by atoms with van der Waals surface area (Å²) in [7, 11) is -3.86. The summed E-state index contributed by atoms with van der Waals surface area (Å²) in [6, 6.07) is 10.6. The molecule has 1 amide bonds. The second-order valence-corrected chi connectivity index (χ2v) is 9.11. The topological polar surface area (TPSA) is 120 Å². The maximum absolute atomic E-state index is 12.3. The van der Waals surface area contributed by atoms with Gasteiger partial charge in [-0.25, -0.2) is 13.6 Å². The Bertz CT molecular complexity index is 1170. The van der Waals surface area contributed by atoms with Crippen molar-refractivity contribution < 1.29 is 13.2 Å². The second kappa shape index (κ2) is 8.36. The molecular weight excluding hydrogens is 410 g/mol. The lowest BCUT2D eigenvalue weighted by Crippen LogP contribution is -2.17. The summed E-state index contributed by atoms with van der Waals surface area (Å²) in [5, 5.41) is 16.5. The number of amides is 1. The third kappa shape index (κ3) is 5.03. The van der Waals surface area contributed by atoms with Gasteiger partial charge in [-0.2, -0.15) is 0 Å². The number of hydrogen-bond donors (Lipinski definition) is 2. The molecule has 0 saturated heterocycles. The minimum atomic E-state index is -3.86. The Morgan fingerprint density at radius 2 is 1.90 bits per heavy atom. The van der Waals surface area contributed by atoms with E-state index in [1.807, 2.05) is 30.5 Å². The molecule has 2 aromatic carbocycles. The largest absolute Gasteiger partial charge is 0.325 e. The van der Waals surface area contributed by atoms with E-state index in [-0.39, 0.29) is 16.6 Å². The van der Waals surface area contributed by atoms with Crippen molar-refractivity contribution in [3.8, 4) is 5.69 Å². The van der Waals surface area contributed by atoms with Crippen molar-refractivity contribution >= 4 is 33.4 Å². The molecule has 0 aliphatic rings. The zero-order chi connectivity index (χ0) is 21.2. The SMILES string of the molecule is Cc1ccc(-n2cnnc2SCC(=O)Nc2ccc(C)c(S(N)(=O)=O)c2)c(C)c1. The number of aromatic nitrogens is 3. The van der Waals surface area contributed by atoms with Gasteiger partial charge in [0.2, 0.25) is 15.9 Å². The number of anilines is 1. The van der Waals surface area contributed by atoms with E-state index in [0.29, 0.717) is 16.4 Å². The quantitative estimate of drug-likeness (QED) is 0.579. The van der Waals surface area contributed by atoms with Gasteiger partial charge < -0.3 is 5.32 Å². The second-order valence-electron chi connectivity index (χ2n) is 6.64. The summed E-state index contributed by atoms with van der Waals surface area (Å²) in [5.74, 6) is -0.211. The Morgan fingerprint density at radius 3 is 2.59 bits per heavy atom. The van der Waals surface area contributed by atoms with E-state index >= 15 is 0 Å². The zero-order valence-electron chi connectivity index (χ0n) is 16.2. The maximum atomic E-state index is 12.3. The van der Waals surface area contributed by atoms with Crippen LogP contribution in [-0.4, -0.2) is 34.8 Å². The number of primary sulfonamides is 1. The Morgan fingerprint density at radius 1 is 1.14 bits per heavy atom. The van der Waals surface area contributed by atoms with Gasteiger partial charge in [-0.3, -0.25) is 9.36 Å². The van der Waals surface area contributed by atoms with Crippen LogP contribution < -0.4 is 10.5 Å². The average Bonchev–Trinajstić information content (AvgIpc) is 3.09. The molecule has 29 heavy (non-hydrogen) atoms. The van der Waals surface area contributed by atoms with Gasteiger partial charge in [-0.05, 0) is 50.1 Å². The van der Waals surface area contributed by atoms with Gasteiger partial charge in [0.1, 0.15) is 6.33 Å². The third-order valence-corrected chi connectivity index (χ3v) is 6.24. The summed E-state index contributed by atoms with van der Waals surface area (Å²) in [6.07, 6.45) is 1.61. The first kappa shape index (κ1) is 21.0. The molecule has 0 aliphatic carbocycles. The molecule has 0 unspecified atom stereocenters. The number of carbonyl (C=O) groups excluding carboxylic acids is 1. The summed E-state index contributed by atoms with van der Waals surface area (Å²) < 4.78 is 25.1. The Kier molecular flexibility index (Phi) is 6.06. The Balaban J connectivity index is 1.71. The molecule has 0 bridgehead atoms. The van der Waals surface area contributed by atoms with E-state index in [4.69, 9.17) is 5.14 Å². The van der Waals surface area contributed by atoms with Crippen LogP contribution in [0.2, 0.25) is 0 Å². The van der Waals surface area contributed by atoms with Gasteiger partial charge in [0.15, 0.2) is 5.16 Å². The minimum Gasteiger partial charge on any atom is -0.325 e. The lowest BCUT2D eigenvalue weighted by Gasteiger charge is -2.11. The Labute approximate surface area is 173 Å². The van der Waals surface area contributed by atoms with Crippen LogP contribution in [-0.2, 0) is 14.8 Å². The number of aryl methyl sites for hydroxylation is 3. The predicted molar refractivity (Wildman–Crippen MR) is 113 cm³/mol. The molecule has 0 atom stereocenters. The van der Waals surface area contributed by atoms with Crippen LogP contribution in [0.4, 0.5) is 5.69 Å². The maximum Gasteiger partial charge on any atom is 0.238 e. The smallest absolute Gasteiger partial charge is 0.238 e. The highest BCUT2D eigenvalue weighted by atomic mass is 32.2. The number of sulfonamides is 1. The molecule has 0 aliphatic heterocycles. The first-order valence-electron chi connectivity index (χ1n) is 8.69. The molecule has 0 radical (unpaired) electrons. The van der Waals surface area contributed by atoms with E-state index in [0.717, 1.165) is 16.8 Å². The molecule has 1 aromatic heterocycles. The monoisotopic (exact) mass is 431 g/mol. The number of benzene rings is 2. The van der Waals surface area contributed by atoms with E-state index < -0.39 is 10.0 Å². The Hall–Kier alpha value is -2.69. The fourth-order valence-electron chi connectivity index (χ4n) is 2.88. The standard InChI is InChI=1S/C19H21N5O3S2/c1-12-4-7-16(14(3)8-12)24-11-21-23-19(24)28-10-18(25)22-15-6-5-13(2)17(9-15)29(20,26)27/h4-9,11H,10H2,1-3H3,(H,22,25)(H2,20,26,27). The van der Waals surface area contributed by atoms with Crippen molar-refractivity contribution in [1.82, 2.24) is 14.8 Å². The van der Waals surface area contributed by atoms with Crippen LogP contribution in [0.25, 0.3) is 5.69 Å². The lowest BCUT2D eigenvalue weighted by molar-refractivity contribution is -0.113. The fourth-order valence-corrected chi connectivity index (χ4v) is 4.41. The lowest BCUT2D eigenvalue weighted by atomic mass is 10.1. The van der Waals surface area contributed by atoms with E-state index in [1.54, 1.807) is 25.4 Å². The molecule has 152 valence electrons. The van der Waals surface area contributed by atoms with Gasteiger partial charge in [0.25, 0.3) is 0 Å². The summed E-state index contributed by atoms with van der Waals surface area (Å²) >= 11 is 1.24. The van der Waals surface area contributed by atoms with E-state index in [1.165, 1.54) is 17.8 Å². The van der Waals surface area contributed by atoms with Crippen LogP contribution >= 0.6 is 11.8 Å². The number of hydrogen-bond acceptors (Lipinski definition) is 6. The van der Waals surface area contributed by atoms with Crippen molar-refractivity contribution in [3.05, 3.63) is 59.4 Å². The van der Waals surface area contributed by atoms with Gasteiger partial charge in [0.05, 0.1) is 16.3 Å². The summed E-state index contributed by atoms with van der Waals surface area (Å²) in [4.78, 5) is 12.3. The number of thioether (sulfide) groups is 1. The highest BCUT2D eigenvalue weighted by Crippen LogP contribution is 2.23. The third-order valence-electron chi connectivity index (χ3n) is 4.24. The number of nitrogens with two attached hydrogens (primary N) is 1. The molecule has 0 fully saturated rings. The highest BCUT2D eigenvalue weighted by Gasteiger charge is 2.15. The molecule has 10 heteroatoms. The van der Waals surface area contributed by atoms with Crippen LogP contribution in [0.5, 0.6) is 0 Å². The first-order valence-corrected chi connectivity index (χ1v) is 11.2. The van der Waals surface area contributed by atoms with Gasteiger partial charge >= 0.3 is 0 Å². The molecule has 3 N–H and O–H groups in total. The van der Waals surface area contributed by atoms with E-state index in [2.05, 4.69) is 21.6 Å². The van der Waals surface area contributed by atoms with Gasteiger partial charge in [0, 0.05) is 5.69 Å². The highest BCUT2D eigenvalue weighted by molar-refractivity contribution is 7.99. The van der Waals surface area contributed by atoms with Crippen LogP contribution in [0.15, 0.2) is 52.8 Å². The van der Waals surface area contributed by atoms with Crippen molar-refractivity contribution in [2.24, 2.45) is 5.14 Å². The number of carbonyl (C=O) groups is 1. The summed E-state index contributed by atoms with van der Waals surface area (Å²) in [6.45, 7) is 5.67. The minimum absolute atomic E-state index is 0.0162. The van der Waals surface area contributed by atoms with Crippen LogP contribution in [0, 0.1) is 20.8 Å². The molecule has 3 rings (SSSR count). The van der Waals surface area contributed by atoms with Crippen molar-refractivity contribution in [3.63, 3.8) is 0 Å². The number of nitrogens with one attached hydrogen (secondary N) is 1. The molecule has 0 saturated carbocycles. The first-order chi connectivity index (χ1) is 13.6. The van der Waals surface area contributed by atoms with Crippen molar-refractivity contribution in [2.75, 3.05) is 11.1 Å². The molecule has 8 nitrogen and oxygen atoms in total. The average molecular weight is 432 g/mol. The molecule has 3 aromatic rings. The predicted octanol–water partition coefficient (Wildman–Crippen LogP) is 2.57. The normalized spacial score (nSPS) is 11.4. The van der Waals surface area contributed by atoms with Crippen LogP contribution in [0.1, 0.15) is 16.7 Å². The fraction of sp³-hybridized carbons (Fsp3) is 0.211. The number of nitrogens with zero attached hydrogens (tertiary/aromatic N) is 3.